The van der Waals surface area contributed by atoms with E-state index < -0.39 is 0 Å². The van der Waals surface area contributed by atoms with E-state index in [2.05, 4.69) is 4.85 Å². The Morgan fingerprint density at radius 2 is 2.18 bits per heavy atom. The lowest BCUT2D eigenvalue weighted by molar-refractivity contribution is 0.342. The Balaban J connectivity index is 2.95. The zero-order valence-electron chi connectivity index (χ0n) is 6.37. The first-order valence-corrected chi connectivity index (χ1v) is 3.47. The van der Waals surface area contributed by atoms with E-state index in [4.69, 9.17) is 11.3 Å². The maximum Gasteiger partial charge on any atom is 0.228 e. The quantitative estimate of drug-likeness (QED) is 0.585. The van der Waals surface area contributed by atoms with Crippen molar-refractivity contribution in [3.05, 3.63) is 35.7 Å². The molecule has 0 aliphatic heterocycles. The molecule has 0 aliphatic carbocycles. The Kier molecular flexibility index (Phi) is 2.51. The van der Waals surface area contributed by atoms with E-state index in [1.165, 1.54) is 0 Å². The van der Waals surface area contributed by atoms with E-state index in [1.807, 2.05) is 19.1 Å². The molecule has 1 aromatic rings. The van der Waals surface area contributed by atoms with Gasteiger partial charge in [-0.2, -0.15) is 0 Å². The molecule has 0 saturated heterocycles. The van der Waals surface area contributed by atoms with E-state index in [9.17, 15) is 0 Å². The lowest BCUT2D eigenvalue weighted by atomic mass is 10.3. The predicted molar refractivity (Wildman–Crippen MR) is 43.9 cm³/mol. The van der Waals surface area contributed by atoms with E-state index in [1.54, 1.807) is 12.1 Å². The Hall–Kier alpha value is -1.49. The van der Waals surface area contributed by atoms with Gasteiger partial charge < -0.3 is 4.74 Å². The summed E-state index contributed by atoms with van der Waals surface area (Å²) in [7, 11) is 0. The smallest absolute Gasteiger partial charge is 0.228 e. The van der Waals surface area contributed by atoms with Gasteiger partial charge in [-0.05, 0) is 13.0 Å². The minimum Gasteiger partial charge on any atom is -0.505 e. The van der Waals surface area contributed by atoms with Gasteiger partial charge in [-0.1, -0.05) is 18.2 Å². The summed E-state index contributed by atoms with van der Waals surface area (Å²) in [6.07, 6.45) is 0. The van der Waals surface area contributed by atoms with E-state index in [-0.39, 0.29) is 0 Å². The largest absolute Gasteiger partial charge is 0.505 e. The first kappa shape index (κ1) is 7.62. The van der Waals surface area contributed by atoms with Crippen molar-refractivity contribution in [3.63, 3.8) is 0 Å². The van der Waals surface area contributed by atoms with Gasteiger partial charge in [-0.15, -0.1) is 0 Å². The van der Waals surface area contributed by atoms with Crippen LogP contribution < -0.4 is 4.74 Å². The zero-order valence-corrected chi connectivity index (χ0v) is 6.37. The molecule has 0 N–H and O–H groups in total. The highest BCUT2D eigenvalue weighted by atomic mass is 16.5. The van der Waals surface area contributed by atoms with Gasteiger partial charge in [0, 0.05) is 0 Å². The molecule has 0 atom stereocenters. The number of hydrogen-bond acceptors (Lipinski definition) is 1. The molecule has 0 aliphatic rings. The average molecular weight is 146 g/mol. The van der Waals surface area contributed by atoms with Crippen LogP contribution in [0, 0.1) is 6.57 Å². The van der Waals surface area contributed by atoms with Crippen LogP contribution in [0.1, 0.15) is 6.92 Å². The molecule has 0 radical (unpaired) electrons. The molecule has 0 heterocycles. The fraction of sp³-hybridized carbons (Fsp3) is 0.222. The van der Waals surface area contributed by atoms with Gasteiger partial charge >= 0.3 is 0 Å². The van der Waals surface area contributed by atoms with Crippen LogP contribution in [0.2, 0.25) is 0 Å². The van der Waals surface area contributed by atoms with Gasteiger partial charge in [0.05, 0.1) is 13.2 Å². The molecule has 0 fully saturated rings. The highest BCUT2D eigenvalue weighted by Crippen LogP contribution is 2.26. The number of rotatable bonds is 2. The second-order valence-electron chi connectivity index (χ2n) is 2.01. The van der Waals surface area contributed by atoms with E-state index in [0.29, 0.717) is 18.0 Å². The number of nitrogens with zero attached hydrogens (tertiary/aromatic N) is 1. The SMILES string of the molecule is CCOc1ccccc1[N+]#[11C-]. The first-order valence-electron chi connectivity index (χ1n) is 3.47. The summed E-state index contributed by atoms with van der Waals surface area (Å²) >= 11 is 0. The molecule has 11 heavy (non-hydrogen) atoms. The standard InChI is InChI=1S/C9H9NO/c1-3-11-9-7-5-4-6-8(9)10-2/h4-7H,3H2,1H3/i2-1. The average Bonchev–Trinajstić information content (AvgIpc) is 2.06. The molecule has 0 aromatic heterocycles. The summed E-state index contributed by atoms with van der Waals surface area (Å²) in [5.41, 5.74) is 0.578. The molecule has 0 spiro atoms. The maximum atomic E-state index is 6.81. The Labute approximate surface area is 66.2 Å². The second kappa shape index (κ2) is 3.62. The van der Waals surface area contributed by atoms with E-state index >= 15 is 0 Å². The number of benzene rings is 1. The van der Waals surface area contributed by atoms with Crippen LogP contribution in [0.15, 0.2) is 24.3 Å². The van der Waals surface area contributed by atoms with Crippen LogP contribution in [-0.4, -0.2) is 6.61 Å². The van der Waals surface area contributed by atoms with Gasteiger partial charge in [0.15, 0.2) is 0 Å². The Bertz CT molecular complexity index is 275. The van der Waals surface area contributed by atoms with Crippen molar-refractivity contribution in [2.75, 3.05) is 6.61 Å². The normalized spacial score (nSPS) is 8.73. The minimum atomic E-state index is 0.578. The molecule has 0 unspecified atom stereocenters. The molecule has 0 saturated carbocycles. The zero-order chi connectivity index (χ0) is 8.10. The summed E-state index contributed by atoms with van der Waals surface area (Å²) < 4.78 is 5.21. The second-order valence-corrected chi connectivity index (χ2v) is 2.01. The predicted octanol–water partition coefficient (Wildman–Crippen LogP) is 2.64. The fourth-order valence-electron chi connectivity index (χ4n) is 0.827. The molecule has 0 bridgehead atoms. The van der Waals surface area contributed by atoms with Crippen LogP contribution in [-0.2, 0) is 0 Å². The third kappa shape index (κ3) is 1.71. The highest BCUT2D eigenvalue weighted by Gasteiger charge is 1.98. The summed E-state index contributed by atoms with van der Waals surface area (Å²) in [5, 5.41) is 0. The van der Waals surface area contributed by atoms with Gasteiger partial charge in [-0.3, -0.25) is 0 Å². The third-order valence-corrected chi connectivity index (χ3v) is 1.29. The van der Waals surface area contributed by atoms with Crippen LogP contribution in [0.5, 0.6) is 5.75 Å². The van der Waals surface area contributed by atoms with Crippen molar-refractivity contribution < 1.29 is 4.74 Å². The Morgan fingerprint density at radius 1 is 1.45 bits per heavy atom. The highest BCUT2D eigenvalue weighted by molar-refractivity contribution is 5.56. The van der Waals surface area contributed by atoms with Gasteiger partial charge in [0.1, 0.15) is 5.75 Å². The molecular formula is C9H9NO. The van der Waals surface area contributed by atoms with Crippen LogP contribution in [0.3, 0.4) is 0 Å². The fourth-order valence-corrected chi connectivity index (χ4v) is 0.827. The number of ether oxygens (including phenoxy) is 1. The van der Waals surface area contributed by atoms with Crippen molar-refractivity contribution in [3.8, 4) is 5.75 Å². The molecule has 0 amide bonds. The molecule has 2 nitrogen and oxygen atoms in total. The third-order valence-electron chi connectivity index (χ3n) is 1.29. The van der Waals surface area contributed by atoms with Crippen LogP contribution in [0.4, 0.5) is 5.69 Å². The van der Waals surface area contributed by atoms with Crippen LogP contribution >= 0.6 is 0 Å². The number of hydrogen-bond donors (Lipinski definition) is 0. The van der Waals surface area contributed by atoms with E-state index in [0.717, 1.165) is 0 Å². The van der Waals surface area contributed by atoms with Crippen molar-refractivity contribution in [2.45, 2.75) is 6.92 Å². The molecule has 1 rings (SSSR count). The molecule has 1 aromatic carbocycles. The summed E-state index contributed by atoms with van der Waals surface area (Å²) in [6, 6.07) is 7.24. The molecule has 56 valence electrons. The van der Waals surface area contributed by atoms with Crippen molar-refractivity contribution in [1.82, 2.24) is 0 Å². The lowest BCUT2D eigenvalue weighted by Gasteiger charge is -2.03. The summed E-state index contributed by atoms with van der Waals surface area (Å²) in [6.45, 7) is 9.32. The molecular weight excluding hydrogens is 137 g/mol. The maximum absolute atomic E-state index is 6.81. The summed E-state index contributed by atoms with van der Waals surface area (Å²) in [4.78, 5) is 3.31. The topological polar surface area (TPSA) is 13.6 Å². The van der Waals surface area contributed by atoms with Gasteiger partial charge in [0.2, 0.25) is 5.69 Å². The van der Waals surface area contributed by atoms with Crippen molar-refractivity contribution in [2.24, 2.45) is 0 Å². The molecule has 2 heteroatoms. The number of para-hydroxylation sites is 2. The van der Waals surface area contributed by atoms with Crippen LogP contribution in [0.25, 0.3) is 4.85 Å². The monoisotopic (exact) mass is 146 g/mol. The van der Waals surface area contributed by atoms with Crippen molar-refractivity contribution >= 4 is 5.69 Å². The van der Waals surface area contributed by atoms with Crippen molar-refractivity contribution in [1.29, 1.82) is 0 Å². The summed E-state index contributed by atoms with van der Waals surface area (Å²) in [5.74, 6) is 0.671. The Morgan fingerprint density at radius 3 is 2.82 bits per heavy atom. The lowest BCUT2D eigenvalue weighted by Crippen LogP contribution is -1.90. The van der Waals surface area contributed by atoms with Gasteiger partial charge in [0.25, 0.3) is 0 Å². The van der Waals surface area contributed by atoms with Gasteiger partial charge in [-0.25, -0.2) is 4.85 Å². The first-order chi connectivity index (χ1) is 5.38. The minimum absolute atomic E-state index is 0.578.